The van der Waals surface area contributed by atoms with Crippen LogP contribution in [-0.4, -0.2) is 30.9 Å². The zero-order valence-corrected chi connectivity index (χ0v) is 10.4. The molecule has 0 radical (unpaired) electrons. The van der Waals surface area contributed by atoms with Gasteiger partial charge in [0.1, 0.15) is 0 Å². The minimum Gasteiger partial charge on any atom is -0.379 e. The molecule has 4 heteroatoms. The van der Waals surface area contributed by atoms with Gasteiger partial charge in [0.2, 0.25) is 0 Å². The first-order chi connectivity index (χ1) is 7.31. The van der Waals surface area contributed by atoms with Gasteiger partial charge >= 0.3 is 9.53 Å². The van der Waals surface area contributed by atoms with Gasteiger partial charge in [-0.3, -0.25) is 0 Å². The Morgan fingerprint density at radius 1 is 0.800 bits per heavy atom. The van der Waals surface area contributed by atoms with Crippen LogP contribution < -0.4 is 0 Å². The van der Waals surface area contributed by atoms with Gasteiger partial charge in [-0.15, -0.1) is 0 Å². The third-order valence-electron chi connectivity index (χ3n) is 2.02. The van der Waals surface area contributed by atoms with Gasteiger partial charge in [0.25, 0.3) is 0 Å². The molecule has 0 aliphatic heterocycles. The van der Waals surface area contributed by atoms with Crippen LogP contribution in [0.15, 0.2) is 24.3 Å². The van der Waals surface area contributed by atoms with Gasteiger partial charge in [-0.05, 0) is 11.1 Å². The van der Waals surface area contributed by atoms with E-state index in [-0.39, 0.29) is 0 Å². The lowest BCUT2D eigenvalue weighted by molar-refractivity contribution is 0.163. The fourth-order valence-corrected chi connectivity index (χ4v) is 1.76. The van der Waals surface area contributed by atoms with E-state index in [1.54, 1.807) is 21.3 Å². The highest BCUT2D eigenvalue weighted by molar-refractivity contribution is 6.36. The van der Waals surface area contributed by atoms with Crippen molar-refractivity contribution in [1.82, 2.24) is 0 Å². The quantitative estimate of drug-likeness (QED) is 0.744. The summed E-state index contributed by atoms with van der Waals surface area (Å²) in [6.45, 7) is 0. The summed E-state index contributed by atoms with van der Waals surface area (Å²) < 4.78 is 14.2. The first-order valence-electron chi connectivity index (χ1n) is 4.67. The van der Waals surface area contributed by atoms with Gasteiger partial charge in [0.05, 0.1) is 0 Å². The summed E-state index contributed by atoms with van der Waals surface area (Å²) >= 11 is 0. The summed E-state index contributed by atoms with van der Waals surface area (Å²) in [5.41, 5.74) is 2.74. The van der Waals surface area contributed by atoms with Crippen LogP contribution in [0.2, 0.25) is 0 Å². The van der Waals surface area contributed by atoms with Gasteiger partial charge in [-0.25, -0.2) is 0 Å². The predicted octanol–water partition coefficient (Wildman–Crippen LogP) is 1.81. The molecule has 82 valence electrons. The molecule has 0 bridgehead atoms. The van der Waals surface area contributed by atoms with Crippen LogP contribution in [0.4, 0.5) is 0 Å². The number of rotatable bonds is 3. The molecule has 2 rings (SSSR count). The third kappa shape index (κ3) is 3.60. The lowest BCUT2D eigenvalue weighted by Crippen LogP contribution is -2.21. The van der Waals surface area contributed by atoms with Crippen molar-refractivity contribution in [1.29, 1.82) is 0 Å². The third-order valence-corrected chi connectivity index (χ3v) is 3.17. The van der Waals surface area contributed by atoms with E-state index < -0.39 is 9.53 Å². The van der Waals surface area contributed by atoms with Gasteiger partial charge in [-0.2, -0.15) is 0 Å². The van der Waals surface area contributed by atoms with Crippen LogP contribution in [0.5, 0.6) is 0 Å². The molecule has 3 nitrogen and oxygen atoms in total. The molecule has 0 saturated carbocycles. The van der Waals surface area contributed by atoms with Crippen LogP contribution in [0.25, 0.3) is 12.2 Å². The summed E-state index contributed by atoms with van der Waals surface area (Å²) in [5, 5.41) is 0. The minimum absolute atomic E-state index is 1.37. The molecular weight excluding hydrogens is 208 g/mol. The minimum atomic E-state index is -1.67. The van der Waals surface area contributed by atoms with Crippen molar-refractivity contribution < 1.29 is 13.3 Å². The first kappa shape index (κ1) is 12.1. The average Bonchev–Trinajstić information content (AvgIpc) is 2.24. The van der Waals surface area contributed by atoms with E-state index in [2.05, 4.69) is 36.4 Å². The molecule has 1 aromatic rings. The highest BCUT2D eigenvalue weighted by Gasteiger charge is 2.05. The Kier molecular flexibility index (Phi) is 5.27. The number of fused-ring (bicyclic) bond motifs is 1. The Hall–Kier alpha value is -0.943. The Morgan fingerprint density at radius 2 is 1.20 bits per heavy atom. The van der Waals surface area contributed by atoms with E-state index in [9.17, 15) is 0 Å². The van der Waals surface area contributed by atoms with Gasteiger partial charge in [0, 0.05) is 21.3 Å². The lowest BCUT2D eigenvalue weighted by Gasteiger charge is -2.06. The molecule has 0 aromatic heterocycles. The highest BCUT2D eigenvalue weighted by Crippen LogP contribution is 2.21. The first-order valence-corrected chi connectivity index (χ1v) is 6.08. The molecule has 1 aromatic carbocycles. The van der Waals surface area contributed by atoms with Crippen molar-refractivity contribution >= 4 is 21.7 Å². The fourth-order valence-electron chi connectivity index (χ4n) is 1.19. The maximum Gasteiger partial charge on any atom is 0.483 e. The average molecular weight is 224 g/mol. The maximum atomic E-state index is 4.74. The van der Waals surface area contributed by atoms with Crippen molar-refractivity contribution in [2.45, 2.75) is 0 Å². The summed E-state index contributed by atoms with van der Waals surface area (Å²) in [7, 11) is 3.05. The molecule has 0 amide bonds. The molecule has 0 unspecified atom stereocenters. The standard InChI is InChI=1S/C8H6.C3H10O3Si/c1-2-4-8-6-5-7(8)3-1;1-4-7(5-2)6-3/h1-6H;7H,1-3H3. The lowest BCUT2D eigenvalue weighted by atomic mass is 9.99. The van der Waals surface area contributed by atoms with E-state index in [0.29, 0.717) is 0 Å². The number of hydrogen-bond acceptors (Lipinski definition) is 3. The van der Waals surface area contributed by atoms with Gasteiger partial charge in [0.15, 0.2) is 0 Å². The monoisotopic (exact) mass is 224 g/mol. The molecule has 15 heavy (non-hydrogen) atoms. The summed E-state index contributed by atoms with van der Waals surface area (Å²) in [5.74, 6) is 0. The van der Waals surface area contributed by atoms with Gasteiger partial charge < -0.3 is 13.3 Å². The second-order valence-electron chi connectivity index (χ2n) is 2.96. The molecule has 1 aliphatic rings. The molecule has 0 N–H and O–H groups in total. The van der Waals surface area contributed by atoms with Crippen molar-refractivity contribution in [3.05, 3.63) is 35.4 Å². The zero-order valence-electron chi connectivity index (χ0n) is 9.27. The Labute approximate surface area is 92.3 Å². The molecule has 0 heterocycles. The van der Waals surface area contributed by atoms with E-state index in [0.717, 1.165) is 0 Å². The smallest absolute Gasteiger partial charge is 0.379 e. The normalized spacial score (nSPS) is 11.5. The van der Waals surface area contributed by atoms with Crippen LogP contribution in [-0.2, 0) is 13.3 Å². The summed E-state index contributed by atoms with van der Waals surface area (Å²) in [6, 6.07) is 8.36. The van der Waals surface area contributed by atoms with E-state index in [1.807, 2.05) is 0 Å². The molecular formula is C11H16O3Si. The topological polar surface area (TPSA) is 27.7 Å². The van der Waals surface area contributed by atoms with E-state index >= 15 is 0 Å². The number of hydrogen-bond donors (Lipinski definition) is 0. The van der Waals surface area contributed by atoms with Gasteiger partial charge in [-0.1, -0.05) is 36.4 Å². The number of benzene rings is 1. The summed E-state index contributed by atoms with van der Waals surface area (Å²) in [6.07, 6.45) is 4.24. The Bertz CT molecular complexity index is 291. The van der Waals surface area contributed by atoms with Crippen molar-refractivity contribution in [3.63, 3.8) is 0 Å². The SMILES string of the molecule is C1=Cc2ccccc21.CO[SiH](OC)OC. The molecule has 0 spiro atoms. The van der Waals surface area contributed by atoms with Crippen LogP contribution in [0.1, 0.15) is 11.1 Å². The largest absolute Gasteiger partial charge is 0.483 e. The maximum absolute atomic E-state index is 4.74. The van der Waals surface area contributed by atoms with Crippen LogP contribution in [0.3, 0.4) is 0 Å². The zero-order chi connectivity index (χ0) is 11.1. The second-order valence-corrected chi connectivity index (χ2v) is 4.95. The van der Waals surface area contributed by atoms with Crippen LogP contribution >= 0.6 is 0 Å². The Balaban J connectivity index is 0.000000153. The summed E-state index contributed by atoms with van der Waals surface area (Å²) in [4.78, 5) is 0. The fraction of sp³-hybridized carbons (Fsp3) is 0.273. The van der Waals surface area contributed by atoms with Crippen molar-refractivity contribution in [2.24, 2.45) is 0 Å². The molecule has 0 atom stereocenters. The molecule has 1 aliphatic carbocycles. The second kappa shape index (κ2) is 6.52. The Morgan fingerprint density at radius 3 is 1.33 bits per heavy atom. The van der Waals surface area contributed by atoms with Crippen molar-refractivity contribution in [3.8, 4) is 0 Å². The molecule has 0 saturated heterocycles. The highest BCUT2D eigenvalue weighted by atomic mass is 28.3. The molecule has 0 fully saturated rings. The van der Waals surface area contributed by atoms with Crippen molar-refractivity contribution in [2.75, 3.05) is 21.3 Å². The van der Waals surface area contributed by atoms with E-state index in [4.69, 9.17) is 13.3 Å². The predicted molar refractivity (Wildman–Crippen MR) is 63.5 cm³/mol. The van der Waals surface area contributed by atoms with Crippen LogP contribution in [0, 0.1) is 0 Å². The van der Waals surface area contributed by atoms with E-state index in [1.165, 1.54) is 11.1 Å².